The van der Waals surface area contributed by atoms with E-state index in [0.29, 0.717) is 22.9 Å². The van der Waals surface area contributed by atoms with Gasteiger partial charge in [-0.2, -0.15) is 10.2 Å². The van der Waals surface area contributed by atoms with Crippen molar-refractivity contribution < 1.29 is 19.4 Å². The van der Waals surface area contributed by atoms with Crippen molar-refractivity contribution in [1.82, 2.24) is 15.2 Å². The molecule has 9 heteroatoms. The standard InChI is InChI=1S/C20H20N4O5/c1-4-24-20(27)14-8-6-5-7-13(14)17(23-24)19(26)22-21-11-12-9-15(28-2)18(25)16(10-12)29-3/h5-11,25H,4H2,1-3H3,(H,22,26)/b21-11+. The molecule has 0 fully saturated rings. The van der Waals surface area contributed by atoms with Crippen LogP contribution in [-0.2, 0) is 6.54 Å². The van der Waals surface area contributed by atoms with Crippen LogP contribution in [0.4, 0.5) is 0 Å². The van der Waals surface area contributed by atoms with E-state index in [1.807, 2.05) is 0 Å². The number of phenolic OH excluding ortho intramolecular Hbond substituents is 1. The van der Waals surface area contributed by atoms with Crippen molar-refractivity contribution in [2.45, 2.75) is 13.5 Å². The minimum absolute atomic E-state index is 0.0973. The minimum Gasteiger partial charge on any atom is -0.502 e. The summed E-state index contributed by atoms with van der Waals surface area (Å²) in [5, 5.41) is 18.9. The number of hydrazone groups is 1. The summed E-state index contributed by atoms with van der Waals surface area (Å²) in [6.45, 7) is 2.11. The summed E-state index contributed by atoms with van der Waals surface area (Å²) in [5.74, 6) is -0.273. The number of hydrogen-bond donors (Lipinski definition) is 2. The summed E-state index contributed by atoms with van der Waals surface area (Å²) in [6.07, 6.45) is 1.38. The third-order valence-electron chi connectivity index (χ3n) is 4.26. The zero-order valence-electron chi connectivity index (χ0n) is 16.2. The van der Waals surface area contributed by atoms with Crippen molar-refractivity contribution in [1.29, 1.82) is 0 Å². The molecule has 3 aromatic rings. The molecule has 2 aromatic carbocycles. The topological polar surface area (TPSA) is 115 Å². The number of phenols is 1. The average Bonchev–Trinajstić information content (AvgIpc) is 2.75. The van der Waals surface area contributed by atoms with Crippen molar-refractivity contribution in [3.8, 4) is 17.2 Å². The third-order valence-corrected chi connectivity index (χ3v) is 4.26. The van der Waals surface area contributed by atoms with Gasteiger partial charge in [-0.15, -0.1) is 0 Å². The summed E-state index contributed by atoms with van der Waals surface area (Å²) in [6, 6.07) is 9.86. The highest BCUT2D eigenvalue weighted by Crippen LogP contribution is 2.36. The Labute approximate surface area is 166 Å². The number of carbonyl (C=O) groups excluding carboxylic acids is 1. The number of nitrogens with zero attached hydrogens (tertiary/aromatic N) is 3. The normalized spacial score (nSPS) is 11.0. The summed E-state index contributed by atoms with van der Waals surface area (Å²) in [7, 11) is 2.83. The summed E-state index contributed by atoms with van der Waals surface area (Å²) in [5.41, 5.74) is 2.78. The number of aryl methyl sites for hydroxylation is 1. The number of aromatic hydroxyl groups is 1. The molecule has 0 saturated heterocycles. The van der Waals surface area contributed by atoms with E-state index in [9.17, 15) is 14.7 Å². The van der Waals surface area contributed by atoms with Gasteiger partial charge < -0.3 is 14.6 Å². The number of amides is 1. The lowest BCUT2D eigenvalue weighted by Crippen LogP contribution is -2.28. The number of methoxy groups -OCH3 is 2. The van der Waals surface area contributed by atoms with Crippen molar-refractivity contribution in [3.63, 3.8) is 0 Å². The van der Waals surface area contributed by atoms with E-state index in [-0.39, 0.29) is 28.5 Å². The van der Waals surface area contributed by atoms with Crippen LogP contribution in [0.2, 0.25) is 0 Å². The lowest BCUT2D eigenvalue weighted by Gasteiger charge is -2.09. The predicted molar refractivity (Wildman–Crippen MR) is 108 cm³/mol. The molecule has 0 aliphatic carbocycles. The van der Waals surface area contributed by atoms with Crippen molar-refractivity contribution in [2.75, 3.05) is 14.2 Å². The van der Waals surface area contributed by atoms with Gasteiger partial charge in [-0.05, 0) is 25.1 Å². The molecular formula is C20H20N4O5. The second-order valence-electron chi connectivity index (χ2n) is 5.99. The average molecular weight is 396 g/mol. The molecule has 3 rings (SSSR count). The van der Waals surface area contributed by atoms with Crippen LogP contribution < -0.4 is 20.5 Å². The predicted octanol–water partition coefficient (Wildman–Crippen LogP) is 1.90. The van der Waals surface area contributed by atoms with Crippen molar-refractivity contribution in [3.05, 3.63) is 58.0 Å². The second-order valence-corrected chi connectivity index (χ2v) is 5.99. The number of rotatable bonds is 6. The number of carbonyl (C=O) groups is 1. The van der Waals surface area contributed by atoms with Crippen molar-refractivity contribution in [2.24, 2.45) is 5.10 Å². The second kappa shape index (κ2) is 8.42. The van der Waals surface area contributed by atoms with Crippen LogP contribution in [0, 0.1) is 0 Å². The van der Waals surface area contributed by atoms with Gasteiger partial charge in [0.05, 0.1) is 25.8 Å². The quantitative estimate of drug-likeness (QED) is 0.486. The molecule has 0 unspecified atom stereocenters. The Morgan fingerprint density at radius 2 is 1.83 bits per heavy atom. The van der Waals surface area contributed by atoms with Crippen molar-refractivity contribution >= 4 is 22.9 Å². The molecule has 0 aliphatic rings. The first kappa shape index (κ1) is 19.9. The fraction of sp³-hybridized carbons (Fsp3) is 0.200. The van der Waals surface area contributed by atoms with Crippen LogP contribution in [0.25, 0.3) is 10.8 Å². The molecule has 1 amide bonds. The van der Waals surface area contributed by atoms with Crippen LogP contribution >= 0.6 is 0 Å². The molecule has 0 saturated carbocycles. The van der Waals surface area contributed by atoms with Gasteiger partial charge in [0, 0.05) is 17.5 Å². The summed E-state index contributed by atoms with van der Waals surface area (Å²) < 4.78 is 11.4. The molecule has 0 atom stereocenters. The van der Waals surface area contributed by atoms with E-state index < -0.39 is 5.91 Å². The number of hydrogen-bond acceptors (Lipinski definition) is 7. The number of fused-ring (bicyclic) bond motifs is 1. The zero-order valence-corrected chi connectivity index (χ0v) is 16.2. The van der Waals surface area contributed by atoms with E-state index >= 15 is 0 Å². The van der Waals surface area contributed by atoms with Crippen LogP contribution in [0.3, 0.4) is 0 Å². The van der Waals surface area contributed by atoms with Crippen LogP contribution in [0.1, 0.15) is 23.0 Å². The Morgan fingerprint density at radius 3 is 2.41 bits per heavy atom. The Morgan fingerprint density at radius 1 is 1.21 bits per heavy atom. The number of aromatic nitrogens is 2. The fourth-order valence-electron chi connectivity index (χ4n) is 2.82. The number of ether oxygens (including phenoxy) is 2. The van der Waals surface area contributed by atoms with Gasteiger partial charge in [-0.3, -0.25) is 9.59 Å². The molecule has 0 bridgehead atoms. The summed E-state index contributed by atoms with van der Waals surface area (Å²) in [4.78, 5) is 25.0. The Kier molecular flexibility index (Phi) is 5.77. The molecule has 150 valence electrons. The molecule has 0 spiro atoms. The Bertz CT molecular complexity index is 1130. The lowest BCUT2D eigenvalue weighted by atomic mass is 10.1. The van der Waals surface area contributed by atoms with Gasteiger partial charge in [0.1, 0.15) is 0 Å². The Hall–Kier alpha value is -3.88. The first-order valence-corrected chi connectivity index (χ1v) is 8.78. The van der Waals surface area contributed by atoms with Gasteiger partial charge in [0.2, 0.25) is 5.75 Å². The molecule has 1 aromatic heterocycles. The molecule has 1 heterocycles. The van der Waals surface area contributed by atoms with E-state index in [2.05, 4.69) is 15.6 Å². The van der Waals surface area contributed by atoms with E-state index in [0.717, 1.165) is 0 Å². The molecule has 0 aliphatic heterocycles. The van der Waals surface area contributed by atoms with Crippen LogP contribution in [0.5, 0.6) is 17.2 Å². The third kappa shape index (κ3) is 3.88. The highest BCUT2D eigenvalue weighted by Gasteiger charge is 2.16. The van der Waals surface area contributed by atoms with Gasteiger partial charge in [0.15, 0.2) is 17.2 Å². The molecular weight excluding hydrogens is 376 g/mol. The largest absolute Gasteiger partial charge is 0.502 e. The number of nitrogens with one attached hydrogen (secondary N) is 1. The lowest BCUT2D eigenvalue weighted by molar-refractivity contribution is 0.0949. The Balaban J connectivity index is 1.90. The minimum atomic E-state index is -0.558. The molecule has 29 heavy (non-hydrogen) atoms. The van der Waals surface area contributed by atoms with Gasteiger partial charge in [0.25, 0.3) is 11.5 Å². The maximum absolute atomic E-state index is 12.6. The first-order valence-electron chi connectivity index (χ1n) is 8.78. The van der Waals surface area contributed by atoms with Gasteiger partial charge in [-0.1, -0.05) is 18.2 Å². The maximum atomic E-state index is 12.6. The van der Waals surface area contributed by atoms with E-state index in [4.69, 9.17) is 9.47 Å². The molecule has 0 radical (unpaired) electrons. The number of benzene rings is 2. The fourth-order valence-corrected chi connectivity index (χ4v) is 2.82. The van der Waals surface area contributed by atoms with Crippen LogP contribution in [0.15, 0.2) is 46.3 Å². The van der Waals surface area contributed by atoms with Gasteiger partial charge >= 0.3 is 0 Å². The van der Waals surface area contributed by atoms with Crippen LogP contribution in [-0.4, -0.2) is 41.2 Å². The van der Waals surface area contributed by atoms with E-state index in [1.165, 1.54) is 25.1 Å². The van der Waals surface area contributed by atoms with Gasteiger partial charge in [-0.25, -0.2) is 10.1 Å². The maximum Gasteiger partial charge on any atom is 0.292 e. The SMILES string of the molecule is CCn1nc(C(=O)N/N=C/c2cc(OC)c(O)c(OC)c2)c2ccccc2c1=O. The summed E-state index contributed by atoms with van der Waals surface area (Å²) >= 11 is 0. The molecule has 9 nitrogen and oxygen atoms in total. The monoisotopic (exact) mass is 396 g/mol. The highest BCUT2D eigenvalue weighted by molar-refractivity contribution is 6.05. The molecule has 2 N–H and O–H groups in total. The highest BCUT2D eigenvalue weighted by atomic mass is 16.5. The van der Waals surface area contributed by atoms with E-state index in [1.54, 1.807) is 43.3 Å². The first-order chi connectivity index (χ1) is 14.0. The zero-order chi connectivity index (χ0) is 21.0. The smallest absolute Gasteiger partial charge is 0.292 e.